The number of aromatic nitrogens is 2. The van der Waals surface area contributed by atoms with Gasteiger partial charge in [0.1, 0.15) is 0 Å². The highest BCUT2D eigenvalue weighted by molar-refractivity contribution is 5.74. The molecule has 2 nitrogen and oxygen atoms in total. The van der Waals surface area contributed by atoms with Gasteiger partial charge < -0.3 is 0 Å². The molecule has 2 aromatic carbocycles. The van der Waals surface area contributed by atoms with Crippen molar-refractivity contribution in [2.45, 2.75) is 0 Å². The number of fused-ring (bicyclic) bond motifs is 2. The van der Waals surface area contributed by atoms with Crippen molar-refractivity contribution in [2.24, 2.45) is 0 Å². The molecule has 3 rings (SSSR count). The first-order valence-electron chi connectivity index (χ1n) is 4.65. The van der Waals surface area contributed by atoms with E-state index in [1.807, 2.05) is 24.3 Å². The lowest BCUT2D eigenvalue weighted by Gasteiger charge is -1.87. The third kappa shape index (κ3) is 1.04. The van der Waals surface area contributed by atoms with Crippen LogP contribution in [-0.4, -0.2) is 0 Å². The standard InChI is InChI=1S/C12H8N2/c1-2-6-10-9(5-1)13-11-7-3-4-8-12(11)14-10/h1-8H/p+2. The van der Waals surface area contributed by atoms with Crippen LogP contribution in [0, 0.1) is 0 Å². The number of hydrogen-bond acceptors (Lipinski definition) is 0. The Labute approximate surface area is 81.2 Å². The molecule has 2 N–H and O–H groups in total. The molecule has 3 aromatic rings. The first-order chi connectivity index (χ1) is 6.93. The van der Waals surface area contributed by atoms with Gasteiger partial charge in [-0.2, -0.15) is 9.97 Å². The van der Waals surface area contributed by atoms with Crippen LogP contribution in [-0.2, 0) is 0 Å². The molecule has 14 heavy (non-hydrogen) atoms. The monoisotopic (exact) mass is 182 g/mol. The summed E-state index contributed by atoms with van der Waals surface area (Å²) in [4.78, 5) is 6.76. The van der Waals surface area contributed by atoms with Gasteiger partial charge in [0.2, 0.25) is 0 Å². The smallest absolute Gasteiger partial charge is 0.194 e. The summed E-state index contributed by atoms with van der Waals surface area (Å²) in [6.45, 7) is 0. The molecule has 0 aliphatic heterocycles. The first-order valence-corrected chi connectivity index (χ1v) is 4.65. The number of hydrogen-bond donors (Lipinski definition) is 0. The maximum atomic E-state index is 3.38. The highest BCUT2D eigenvalue weighted by Gasteiger charge is 2.10. The van der Waals surface area contributed by atoms with Gasteiger partial charge in [0.25, 0.3) is 22.1 Å². The molecule has 0 spiro atoms. The SMILES string of the molecule is c1ccc2[nH+]c3ccccc3[nH+]c2c1. The van der Waals surface area contributed by atoms with Crippen molar-refractivity contribution in [1.82, 2.24) is 0 Å². The van der Waals surface area contributed by atoms with E-state index in [1.54, 1.807) is 0 Å². The van der Waals surface area contributed by atoms with Crippen LogP contribution < -0.4 is 9.97 Å². The lowest BCUT2D eigenvalue weighted by Crippen LogP contribution is -2.16. The number of H-pyrrole nitrogens is 2. The normalized spacial score (nSPS) is 10.9. The van der Waals surface area contributed by atoms with E-state index in [-0.39, 0.29) is 0 Å². The van der Waals surface area contributed by atoms with Crippen LogP contribution in [0.2, 0.25) is 0 Å². The van der Waals surface area contributed by atoms with Crippen LogP contribution in [0.25, 0.3) is 22.1 Å². The molecule has 66 valence electrons. The van der Waals surface area contributed by atoms with Crippen LogP contribution in [0.5, 0.6) is 0 Å². The van der Waals surface area contributed by atoms with E-state index in [9.17, 15) is 0 Å². The van der Waals surface area contributed by atoms with E-state index in [0.29, 0.717) is 0 Å². The number of para-hydroxylation sites is 4. The number of nitrogens with one attached hydrogen (secondary N) is 2. The maximum absolute atomic E-state index is 3.38. The molecule has 0 atom stereocenters. The van der Waals surface area contributed by atoms with Gasteiger partial charge in [0, 0.05) is 24.3 Å². The van der Waals surface area contributed by atoms with Gasteiger partial charge >= 0.3 is 0 Å². The predicted molar refractivity (Wildman–Crippen MR) is 54.6 cm³/mol. The third-order valence-corrected chi connectivity index (χ3v) is 2.39. The zero-order chi connectivity index (χ0) is 9.38. The van der Waals surface area contributed by atoms with Crippen molar-refractivity contribution in [3.8, 4) is 0 Å². The van der Waals surface area contributed by atoms with E-state index in [1.165, 1.54) is 0 Å². The Morgan fingerprint density at radius 1 is 0.500 bits per heavy atom. The van der Waals surface area contributed by atoms with E-state index in [0.717, 1.165) is 22.1 Å². The van der Waals surface area contributed by atoms with Crippen molar-refractivity contribution >= 4 is 22.1 Å². The fraction of sp³-hybridized carbons (Fsp3) is 0. The lowest BCUT2D eigenvalue weighted by molar-refractivity contribution is -0.361. The van der Waals surface area contributed by atoms with Crippen molar-refractivity contribution in [3.05, 3.63) is 48.5 Å². The second kappa shape index (κ2) is 2.77. The molecule has 0 saturated carbocycles. The van der Waals surface area contributed by atoms with Crippen molar-refractivity contribution in [1.29, 1.82) is 0 Å². The van der Waals surface area contributed by atoms with Crippen LogP contribution in [0.4, 0.5) is 0 Å². The summed E-state index contributed by atoms with van der Waals surface area (Å²) in [6, 6.07) is 16.4. The quantitative estimate of drug-likeness (QED) is 0.473. The van der Waals surface area contributed by atoms with Crippen LogP contribution in [0.1, 0.15) is 0 Å². The first kappa shape index (κ1) is 7.44. The Kier molecular flexibility index (Phi) is 1.47. The van der Waals surface area contributed by atoms with Crippen molar-refractivity contribution < 1.29 is 9.97 Å². The largest absolute Gasteiger partial charge is 0.276 e. The van der Waals surface area contributed by atoms with E-state index in [2.05, 4.69) is 34.2 Å². The van der Waals surface area contributed by atoms with Crippen LogP contribution >= 0.6 is 0 Å². The van der Waals surface area contributed by atoms with Crippen LogP contribution in [0.3, 0.4) is 0 Å². The molecular weight excluding hydrogens is 172 g/mol. The van der Waals surface area contributed by atoms with E-state index in [4.69, 9.17) is 0 Å². The average Bonchev–Trinajstić information content (AvgIpc) is 2.26. The summed E-state index contributed by atoms with van der Waals surface area (Å²) in [5.74, 6) is 0. The number of benzene rings is 2. The molecule has 0 aliphatic carbocycles. The summed E-state index contributed by atoms with van der Waals surface area (Å²) in [5.41, 5.74) is 4.52. The molecule has 1 heterocycles. The molecule has 0 radical (unpaired) electrons. The van der Waals surface area contributed by atoms with Gasteiger partial charge in [-0.15, -0.1) is 0 Å². The Balaban J connectivity index is 2.52. The minimum Gasteiger partial charge on any atom is -0.194 e. The minimum atomic E-state index is 1.13. The molecule has 1 aromatic heterocycles. The Bertz CT molecular complexity index is 497. The highest BCUT2D eigenvalue weighted by atomic mass is 14.8. The van der Waals surface area contributed by atoms with Crippen LogP contribution in [0.15, 0.2) is 48.5 Å². The topological polar surface area (TPSA) is 28.3 Å². The molecule has 0 fully saturated rings. The van der Waals surface area contributed by atoms with E-state index < -0.39 is 0 Å². The van der Waals surface area contributed by atoms with Gasteiger partial charge in [0.05, 0.1) is 0 Å². The average molecular weight is 182 g/mol. The zero-order valence-corrected chi connectivity index (χ0v) is 7.62. The molecule has 0 bridgehead atoms. The number of aromatic amines is 2. The lowest BCUT2D eigenvalue weighted by atomic mass is 10.2. The molecule has 0 aliphatic rings. The second-order valence-electron chi connectivity index (χ2n) is 3.34. The summed E-state index contributed by atoms with van der Waals surface area (Å²) in [7, 11) is 0. The fourth-order valence-electron chi connectivity index (χ4n) is 1.69. The molecule has 0 saturated heterocycles. The van der Waals surface area contributed by atoms with Crippen molar-refractivity contribution in [3.63, 3.8) is 0 Å². The minimum absolute atomic E-state index is 1.13. The van der Waals surface area contributed by atoms with Gasteiger partial charge in [-0.1, -0.05) is 24.3 Å². The summed E-state index contributed by atoms with van der Waals surface area (Å²) in [5, 5.41) is 0. The summed E-state index contributed by atoms with van der Waals surface area (Å²) >= 11 is 0. The Hall–Kier alpha value is -1.96. The second-order valence-corrected chi connectivity index (χ2v) is 3.34. The molecule has 0 amide bonds. The summed E-state index contributed by atoms with van der Waals surface area (Å²) in [6.07, 6.45) is 0. The third-order valence-electron chi connectivity index (χ3n) is 2.39. The highest BCUT2D eigenvalue weighted by Crippen LogP contribution is 2.06. The maximum Gasteiger partial charge on any atom is 0.276 e. The van der Waals surface area contributed by atoms with Gasteiger partial charge in [-0.3, -0.25) is 0 Å². The van der Waals surface area contributed by atoms with E-state index >= 15 is 0 Å². The van der Waals surface area contributed by atoms with Crippen molar-refractivity contribution in [2.75, 3.05) is 0 Å². The molecular formula is C12H10N2+2. The van der Waals surface area contributed by atoms with Gasteiger partial charge in [0.15, 0.2) is 0 Å². The Morgan fingerprint density at radius 2 is 0.786 bits per heavy atom. The molecule has 2 heteroatoms. The van der Waals surface area contributed by atoms with Gasteiger partial charge in [-0.05, 0) is 0 Å². The van der Waals surface area contributed by atoms with Gasteiger partial charge in [-0.25, -0.2) is 0 Å². The fourth-order valence-corrected chi connectivity index (χ4v) is 1.69. The number of rotatable bonds is 0. The zero-order valence-electron chi connectivity index (χ0n) is 7.62. The predicted octanol–water partition coefficient (Wildman–Crippen LogP) is 1.62. The molecule has 0 unspecified atom stereocenters. The Morgan fingerprint density at radius 3 is 1.07 bits per heavy atom. The summed E-state index contributed by atoms with van der Waals surface area (Å²) < 4.78 is 0.